The second-order valence-corrected chi connectivity index (χ2v) is 5.77. The lowest BCUT2D eigenvalue weighted by Crippen LogP contribution is -2.51. The first-order valence-corrected chi connectivity index (χ1v) is 7.91. The third-order valence-electron chi connectivity index (χ3n) is 4.35. The zero-order valence-corrected chi connectivity index (χ0v) is 12.9. The van der Waals surface area contributed by atoms with Crippen LogP contribution in [0.5, 0.6) is 0 Å². The van der Waals surface area contributed by atoms with Crippen LogP contribution >= 0.6 is 0 Å². The van der Waals surface area contributed by atoms with Crippen LogP contribution in [0.4, 0.5) is 0 Å². The molecule has 0 radical (unpaired) electrons. The van der Waals surface area contributed by atoms with E-state index in [1.807, 2.05) is 0 Å². The highest BCUT2D eigenvalue weighted by Gasteiger charge is 2.22. The van der Waals surface area contributed by atoms with E-state index in [1.165, 1.54) is 5.56 Å². The molecule has 1 fully saturated rings. The minimum atomic E-state index is -0.701. The van der Waals surface area contributed by atoms with Gasteiger partial charge < -0.3 is 10.0 Å². The molecule has 1 N–H and O–H groups in total. The molecule has 21 heavy (non-hydrogen) atoms. The molecule has 0 amide bonds. The summed E-state index contributed by atoms with van der Waals surface area (Å²) in [5.41, 5.74) is 1.40. The second-order valence-electron chi connectivity index (χ2n) is 5.77. The third kappa shape index (κ3) is 5.14. The zero-order valence-electron chi connectivity index (χ0n) is 12.9. The van der Waals surface area contributed by atoms with E-state index in [0.717, 1.165) is 39.0 Å². The number of carboxylic acid groups (broad SMARTS) is 1. The van der Waals surface area contributed by atoms with Crippen LogP contribution in [0, 0.1) is 0 Å². The van der Waals surface area contributed by atoms with E-state index in [-0.39, 0.29) is 6.42 Å². The van der Waals surface area contributed by atoms with Gasteiger partial charge in [0.1, 0.15) is 0 Å². The topological polar surface area (TPSA) is 43.8 Å². The summed E-state index contributed by atoms with van der Waals surface area (Å²) in [6.45, 7) is 7.00. The Morgan fingerprint density at radius 1 is 1.19 bits per heavy atom. The van der Waals surface area contributed by atoms with Gasteiger partial charge in [0.25, 0.3) is 0 Å². The van der Waals surface area contributed by atoms with Gasteiger partial charge in [0.15, 0.2) is 0 Å². The molecule has 0 spiro atoms. The van der Waals surface area contributed by atoms with Crippen LogP contribution in [-0.4, -0.2) is 59.6 Å². The minimum absolute atomic E-state index is 0.251. The number of hydrogen-bond acceptors (Lipinski definition) is 3. The van der Waals surface area contributed by atoms with Gasteiger partial charge in [-0.25, -0.2) is 0 Å². The molecule has 0 saturated carbocycles. The van der Waals surface area contributed by atoms with Crippen molar-refractivity contribution < 1.29 is 9.90 Å². The van der Waals surface area contributed by atoms with Crippen molar-refractivity contribution in [2.24, 2.45) is 0 Å². The molecule has 1 aromatic carbocycles. The maximum atomic E-state index is 10.6. The van der Waals surface area contributed by atoms with Crippen LogP contribution in [0.1, 0.15) is 25.3 Å². The van der Waals surface area contributed by atoms with Crippen molar-refractivity contribution in [3.8, 4) is 0 Å². The Bertz CT molecular complexity index is 428. The summed E-state index contributed by atoms with van der Waals surface area (Å²) < 4.78 is 0. The number of piperazine rings is 1. The molecule has 4 heteroatoms. The van der Waals surface area contributed by atoms with Crippen molar-refractivity contribution in [3.05, 3.63) is 35.9 Å². The molecule has 0 aromatic heterocycles. The lowest BCUT2D eigenvalue weighted by molar-refractivity contribution is -0.137. The zero-order chi connectivity index (χ0) is 15.1. The van der Waals surface area contributed by atoms with E-state index in [1.54, 1.807) is 0 Å². The van der Waals surface area contributed by atoms with Gasteiger partial charge in [0.2, 0.25) is 0 Å². The molecule has 2 rings (SSSR count). The monoisotopic (exact) mass is 290 g/mol. The summed E-state index contributed by atoms with van der Waals surface area (Å²) in [4.78, 5) is 15.5. The Balaban J connectivity index is 1.80. The number of benzene rings is 1. The number of carbonyl (C=O) groups is 1. The lowest BCUT2D eigenvalue weighted by Gasteiger charge is -2.39. The van der Waals surface area contributed by atoms with E-state index in [9.17, 15) is 4.79 Å². The fourth-order valence-corrected chi connectivity index (χ4v) is 3.02. The molecular formula is C17H26N2O2. The second kappa shape index (κ2) is 8.15. The predicted octanol–water partition coefficient (Wildman–Crippen LogP) is 2.10. The van der Waals surface area contributed by atoms with Gasteiger partial charge in [0.05, 0.1) is 6.42 Å². The average Bonchev–Trinajstić information content (AvgIpc) is 2.52. The SMILES string of the molecule is CCC(Cc1ccccc1)N1CCN(CCC(=O)O)CC1. The smallest absolute Gasteiger partial charge is 0.304 e. The Labute approximate surface area is 127 Å². The first-order valence-electron chi connectivity index (χ1n) is 7.91. The fourth-order valence-electron chi connectivity index (χ4n) is 3.02. The van der Waals surface area contributed by atoms with Crippen LogP contribution in [-0.2, 0) is 11.2 Å². The summed E-state index contributed by atoms with van der Waals surface area (Å²) >= 11 is 0. The number of aliphatic carboxylic acids is 1. The lowest BCUT2D eigenvalue weighted by atomic mass is 10.0. The molecule has 0 bridgehead atoms. The summed E-state index contributed by atoms with van der Waals surface area (Å²) in [6, 6.07) is 11.3. The average molecular weight is 290 g/mol. The Kier molecular flexibility index (Phi) is 6.21. The molecule has 1 aliphatic rings. The normalized spacial score (nSPS) is 18.5. The van der Waals surface area contributed by atoms with Crippen LogP contribution < -0.4 is 0 Å². The summed E-state index contributed by atoms with van der Waals surface area (Å²) in [5.74, 6) is -0.701. The number of nitrogens with zero attached hydrogens (tertiary/aromatic N) is 2. The standard InChI is InChI=1S/C17H26N2O2/c1-2-16(14-15-6-4-3-5-7-15)19-12-10-18(11-13-19)9-8-17(20)21/h3-7,16H,2,8-14H2,1H3,(H,20,21). The van der Waals surface area contributed by atoms with Crippen LogP contribution in [0.2, 0.25) is 0 Å². The van der Waals surface area contributed by atoms with Crippen molar-refractivity contribution in [2.75, 3.05) is 32.7 Å². The molecule has 1 aliphatic heterocycles. The maximum Gasteiger partial charge on any atom is 0.304 e. The van der Waals surface area contributed by atoms with E-state index < -0.39 is 5.97 Å². The number of hydrogen-bond donors (Lipinski definition) is 1. The van der Waals surface area contributed by atoms with Crippen LogP contribution in [0.3, 0.4) is 0 Å². The van der Waals surface area contributed by atoms with Gasteiger partial charge in [-0.1, -0.05) is 37.3 Å². The van der Waals surface area contributed by atoms with Crippen molar-refractivity contribution in [2.45, 2.75) is 32.2 Å². The number of carboxylic acids is 1. The molecule has 1 atom stereocenters. The van der Waals surface area contributed by atoms with E-state index in [4.69, 9.17) is 5.11 Å². The van der Waals surface area contributed by atoms with Gasteiger partial charge in [-0.15, -0.1) is 0 Å². The third-order valence-corrected chi connectivity index (χ3v) is 4.35. The summed E-state index contributed by atoms with van der Waals surface area (Å²) in [7, 11) is 0. The van der Waals surface area contributed by atoms with Crippen molar-refractivity contribution in [3.63, 3.8) is 0 Å². The maximum absolute atomic E-state index is 10.6. The summed E-state index contributed by atoms with van der Waals surface area (Å²) in [5, 5.41) is 8.75. The molecule has 1 unspecified atom stereocenters. The Hall–Kier alpha value is -1.39. The van der Waals surface area contributed by atoms with E-state index in [0.29, 0.717) is 12.6 Å². The Morgan fingerprint density at radius 2 is 1.86 bits per heavy atom. The fraction of sp³-hybridized carbons (Fsp3) is 0.588. The van der Waals surface area contributed by atoms with Gasteiger partial charge in [-0.3, -0.25) is 9.69 Å². The highest BCUT2D eigenvalue weighted by molar-refractivity contribution is 5.66. The van der Waals surface area contributed by atoms with E-state index in [2.05, 4.69) is 47.1 Å². The van der Waals surface area contributed by atoms with Gasteiger partial charge in [-0.05, 0) is 18.4 Å². The van der Waals surface area contributed by atoms with Gasteiger partial charge >= 0.3 is 5.97 Å². The van der Waals surface area contributed by atoms with Crippen molar-refractivity contribution in [1.29, 1.82) is 0 Å². The highest BCUT2D eigenvalue weighted by atomic mass is 16.4. The largest absolute Gasteiger partial charge is 0.481 e. The van der Waals surface area contributed by atoms with Gasteiger partial charge in [-0.2, -0.15) is 0 Å². The first-order chi connectivity index (χ1) is 10.2. The molecule has 1 saturated heterocycles. The minimum Gasteiger partial charge on any atom is -0.481 e. The molecule has 0 aliphatic carbocycles. The first kappa shape index (κ1) is 16.0. The van der Waals surface area contributed by atoms with Crippen molar-refractivity contribution >= 4 is 5.97 Å². The molecular weight excluding hydrogens is 264 g/mol. The van der Waals surface area contributed by atoms with E-state index >= 15 is 0 Å². The molecule has 1 aromatic rings. The highest BCUT2D eigenvalue weighted by Crippen LogP contribution is 2.14. The molecule has 4 nitrogen and oxygen atoms in total. The summed E-state index contributed by atoms with van der Waals surface area (Å²) in [6.07, 6.45) is 2.51. The number of rotatable bonds is 7. The molecule has 116 valence electrons. The van der Waals surface area contributed by atoms with Crippen molar-refractivity contribution in [1.82, 2.24) is 9.80 Å². The quantitative estimate of drug-likeness (QED) is 0.835. The van der Waals surface area contributed by atoms with Gasteiger partial charge in [0, 0.05) is 38.8 Å². The predicted molar refractivity (Wildman–Crippen MR) is 84.5 cm³/mol. The van der Waals surface area contributed by atoms with Crippen LogP contribution in [0.15, 0.2) is 30.3 Å². The van der Waals surface area contributed by atoms with Crippen LogP contribution in [0.25, 0.3) is 0 Å². The Morgan fingerprint density at radius 3 is 2.43 bits per heavy atom. The molecule has 1 heterocycles.